The van der Waals surface area contributed by atoms with Gasteiger partial charge in [-0.1, -0.05) is 16.8 Å². The van der Waals surface area contributed by atoms with E-state index in [2.05, 4.69) is 20.1 Å². The van der Waals surface area contributed by atoms with Gasteiger partial charge in [0.25, 0.3) is 5.91 Å². The third-order valence-corrected chi connectivity index (χ3v) is 5.95. The Labute approximate surface area is 183 Å². The highest BCUT2D eigenvalue weighted by Gasteiger charge is 2.32. The molecule has 4 heterocycles. The van der Waals surface area contributed by atoms with Crippen LogP contribution in [-0.2, 0) is 7.05 Å². The van der Waals surface area contributed by atoms with E-state index < -0.39 is 0 Å². The Morgan fingerprint density at radius 3 is 2.88 bits per heavy atom. The minimum Gasteiger partial charge on any atom is -0.350 e. The molecule has 1 saturated heterocycles. The van der Waals surface area contributed by atoms with Crippen LogP contribution in [0.5, 0.6) is 0 Å². The Bertz CT molecular complexity index is 1410. The Morgan fingerprint density at radius 1 is 1.25 bits per heavy atom. The van der Waals surface area contributed by atoms with Crippen LogP contribution < -0.4 is 5.43 Å². The lowest BCUT2D eigenvalue weighted by Crippen LogP contribution is -2.33. The van der Waals surface area contributed by atoms with Crippen molar-refractivity contribution in [3.05, 3.63) is 69.9 Å². The summed E-state index contributed by atoms with van der Waals surface area (Å²) in [5.41, 5.74) is 3.20. The first kappa shape index (κ1) is 20.0. The van der Waals surface area contributed by atoms with E-state index in [0.29, 0.717) is 35.8 Å². The van der Waals surface area contributed by atoms with Gasteiger partial charge in [0, 0.05) is 50.8 Å². The van der Waals surface area contributed by atoms with E-state index in [4.69, 9.17) is 4.52 Å². The normalized spacial score (nSPS) is 16.1. The Morgan fingerprint density at radius 2 is 2.09 bits per heavy atom. The lowest BCUT2D eigenvalue weighted by atomic mass is 10.00. The molecule has 0 bridgehead atoms. The van der Waals surface area contributed by atoms with Gasteiger partial charge in [-0.05, 0) is 25.5 Å². The molecule has 162 valence electrons. The average Bonchev–Trinajstić information content (AvgIpc) is 3.45. The first-order chi connectivity index (χ1) is 15.4. The van der Waals surface area contributed by atoms with Crippen LogP contribution in [0, 0.1) is 13.8 Å². The van der Waals surface area contributed by atoms with E-state index in [9.17, 15) is 9.59 Å². The van der Waals surface area contributed by atoms with Crippen LogP contribution in [0.3, 0.4) is 0 Å². The fourth-order valence-corrected chi connectivity index (χ4v) is 4.34. The molecular weight excluding hydrogens is 408 g/mol. The molecule has 1 aliphatic heterocycles. The Kier molecular flexibility index (Phi) is 4.80. The number of likely N-dealkylation sites (tertiary alicyclic amines) is 1. The minimum atomic E-state index is -0.262. The summed E-state index contributed by atoms with van der Waals surface area (Å²) in [5, 5.41) is 4.54. The number of benzene rings is 1. The molecule has 0 unspecified atom stereocenters. The van der Waals surface area contributed by atoms with E-state index >= 15 is 0 Å². The summed E-state index contributed by atoms with van der Waals surface area (Å²) in [7, 11) is 1.85. The zero-order chi connectivity index (χ0) is 22.4. The van der Waals surface area contributed by atoms with E-state index in [1.54, 1.807) is 24.2 Å². The maximum absolute atomic E-state index is 13.3. The summed E-state index contributed by atoms with van der Waals surface area (Å²) in [6, 6.07) is 5.70. The number of rotatable bonds is 3. The maximum Gasteiger partial charge on any atom is 0.259 e. The molecule has 1 amide bonds. The highest BCUT2D eigenvalue weighted by atomic mass is 16.5. The standard InChI is InChI=1S/C23H22N6O3/c1-13-4-5-19-16(8-13)21(30)18(11-28(19)3)23(31)29-7-6-15(10-29)20-17(9-24-12-25-20)22-26-14(2)32-27-22/h4-5,8-9,11-12,15H,6-7,10H2,1-3H3/t15-/m0/s1. The van der Waals surface area contributed by atoms with Crippen LogP contribution in [0.2, 0.25) is 0 Å². The first-order valence-electron chi connectivity index (χ1n) is 10.4. The van der Waals surface area contributed by atoms with Crippen molar-refractivity contribution in [3.8, 4) is 11.4 Å². The molecule has 5 rings (SSSR count). The van der Waals surface area contributed by atoms with Crippen molar-refractivity contribution >= 4 is 16.8 Å². The largest absolute Gasteiger partial charge is 0.350 e. The van der Waals surface area contributed by atoms with Crippen molar-refractivity contribution < 1.29 is 9.32 Å². The number of hydrogen-bond donors (Lipinski definition) is 0. The quantitative estimate of drug-likeness (QED) is 0.492. The first-order valence-corrected chi connectivity index (χ1v) is 10.4. The molecule has 1 aromatic carbocycles. The van der Waals surface area contributed by atoms with Gasteiger partial charge in [0.1, 0.15) is 11.9 Å². The van der Waals surface area contributed by atoms with Gasteiger partial charge in [0.15, 0.2) is 0 Å². The zero-order valence-electron chi connectivity index (χ0n) is 18.1. The van der Waals surface area contributed by atoms with Crippen molar-refractivity contribution in [2.24, 2.45) is 7.05 Å². The monoisotopic (exact) mass is 430 g/mol. The van der Waals surface area contributed by atoms with E-state index in [0.717, 1.165) is 23.2 Å². The summed E-state index contributed by atoms with van der Waals surface area (Å²) < 4.78 is 6.93. The van der Waals surface area contributed by atoms with Gasteiger partial charge >= 0.3 is 0 Å². The van der Waals surface area contributed by atoms with Crippen LogP contribution in [0.25, 0.3) is 22.3 Å². The van der Waals surface area contributed by atoms with Gasteiger partial charge in [0.2, 0.25) is 17.1 Å². The van der Waals surface area contributed by atoms with Gasteiger partial charge in [-0.2, -0.15) is 4.98 Å². The Hall–Kier alpha value is -3.88. The number of fused-ring (bicyclic) bond motifs is 1. The lowest BCUT2D eigenvalue weighted by Gasteiger charge is -2.18. The number of pyridine rings is 1. The molecule has 0 aliphatic carbocycles. The number of amides is 1. The average molecular weight is 430 g/mol. The van der Waals surface area contributed by atoms with Crippen molar-refractivity contribution in [1.82, 2.24) is 29.6 Å². The summed E-state index contributed by atoms with van der Waals surface area (Å²) in [6.07, 6.45) is 5.50. The predicted molar refractivity (Wildman–Crippen MR) is 117 cm³/mol. The highest BCUT2D eigenvalue weighted by molar-refractivity contribution is 5.97. The van der Waals surface area contributed by atoms with Crippen LogP contribution >= 0.6 is 0 Å². The summed E-state index contributed by atoms with van der Waals surface area (Å²) >= 11 is 0. The smallest absolute Gasteiger partial charge is 0.259 e. The number of carbonyl (C=O) groups excluding carboxylic acids is 1. The molecule has 0 radical (unpaired) electrons. The third kappa shape index (κ3) is 3.35. The number of aromatic nitrogens is 5. The molecule has 9 nitrogen and oxygen atoms in total. The molecule has 4 aromatic rings. The summed E-state index contributed by atoms with van der Waals surface area (Å²) in [6.45, 7) is 4.65. The second-order valence-electron chi connectivity index (χ2n) is 8.20. The van der Waals surface area contributed by atoms with Gasteiger partial charge in [-0.3, -0.25) is 9.59 Å². The fraction of sp³-hybridized carbons (Fsp3) is 0.304. The van der Waals surface area contributed by atoms with Crippen molar-refractivity contribution in [2.45, 2.75) is 26.2 Å². The zero-order valence-corrected chi connectivity index (χ0v) is 18.1. The Balaban J connectivity index is 1.46. The predicted octanol–water partition coefficient (Wildman–Crippen LogP) is 2.63. The van der Waals surface area contributed by atoms with Gasteiger partial charge in [-0.25, -0.2) is 9.97 Å². The van der Waals surface area contributed by atoms with Crippen molar-refractivity contribution in [2.75, 3.05) is 13.1 Å². The van der Waals surface area contributed by atoms with Gasteiger partial charge in [0.05, 0.1) is 16.8 Å². The molecule has 1 atom stereocenters. The van der Waals surface area contributed by atoms with E-state index in [1.807, 2.05) is 36.7 Å². The maximum atomic E-state index is 13.3. The number of nitrogens with zero attached hydrogens (tertiary/aromatic N) is 6. The third-order valence-electron chi connectivity index (χ3n) is 5.95. The molecular formula is C23H22N6O3. The lowest BCUT2D eigenvalue weighted by molar-refractivity contribution is 0.0789. The molecule has 0 spiro atoms. The topological polar surface area (TPSA) is 107 Å². The number of hydrogen-bond acceptors (Lipinski definition) is 7. The molecule has 9 heteroatoms. The fourth-order valence-electron chi connectivity index (χ4n) is 4.34. The van der Waals surface area contributed by atoms with Crippen molar-refractivity contribution in [1.29, 1.82) is 0 Å². The van der Waals surface area contributed by atoms with Crippen LogP contribution in [0.4, 0.5) is 0 Å². The molecule has 0 saturated carbocycles. The van der Waals surface area contributed by atoms with E-state index in [-0.39, 0.29) is 22.8 Å². The van der Waals surface area contributed by atoms with Crippen molar-refractivity contribution in [3.63, 3.8) is 0 Å². The molecule has 32 heavy (non-hydrogen) atoms. The van der Waals surface area contributed by atoms with Gasteiger partial charge < -0.3 is 14.0 Å². The second kappa shape index (κ2) is 7.67. The highest BCUT2D eigenvalue weighted by Crippen LogP contribution is 2.32. The number of carbonyl (C=O) groups is 1. The van der Waals surface area contributed by atoms with Crippen LogP contribution in [0.1, 0.15) is 39.8 Å². The summed E-state index contributed by atoms with van der Waals surface area (Å²) in [5.74, 6) is 0.617. The number of aryl methyl sites for hydroxylation is 3. The van der Waals surface area contributed by atoms with E-state index in [1.165, 1.54) is 6.33 Å². The minimum absolute atomic E-state index is 0.0118. The second-order valence-corrected chi connectivity index (χ2v) is 8.20. The molecule has 3 aromatic heterocycles. The molecule has 1 aliphatic rings. The molecule has 1 fully saturated rings. The SMILES string of the molecule is Cc1ccc2c(c1)c(=O)c(C(=O)N1CC[C@H](c3ncncc3-c3noc(C)n3)C1)cn2C. The van der Waals surface area contributed by atoms with Crippen LogP contribution in [-0.4, -0.2) is 48.6 Å². The van der Waals surface area contributed by atoms with Crippen LogP contribution in [0.15, 0.2) is 46.2 Å². The molecule has 0 N–H and O–H groups in total. The summed E-state index contributed by atoms with van der Waals surface area (Å²) in [4.78, 5) is 41.0. The van der Waals surface area contributed by atoms with Gasteiger partial charge in [-0.15, -0.1) is 0 Å².